The lowest BCUT2D eigenvalue weighted by molar-refractivity contribution is -0.152. The van der Waals surface area contributed by atoms with Gasteiger partial charge < -0.3 is 14.5 Å². The van der Waals surface area contributed by atoms with E-state index in [0.717, 1.165) is 31.5 Å². The van der Waals surface area contributed by atoms with Crippen LogP contribution in [-0.4, -0.2) is 44.6 Å². The molecule has 1 N–H and O–H groups in total. The molecule has 7 nitrogen and oxygen atoms in total. The van der Waals surface area contributed by atoms with Crippen LogP contribution in [0.15, 0.2) is 4.52 Å². The number of piperidine rings is 1. The van der Waals surface area contributed by atoms with Crippen molar-refractivity contribution in [2.24, 2.45) is 0 Å². The number of hydrogen-bond donors (Lipinski definition) is 1. The summed E-state index contributed by atoms with van der Waals surface area (Å²) < 4.78 is 5.13. The van der Waals surface area contributed by atoms with E-state index in [9.17, 15) is 14.7 Å². The Balaban J connectivity index is 1.55. The maximum atomic E-state index is 12.2. The quantitative estimate of drug-likeness (QED) is 0.880. The standard InChI is InChI=1S/C14H19N3O4/c18-12(17-8-2-1-3-10(17)14(19)20)7-6-11-15-13(16-21-11)9-4-5-9/h9-10H,1-8H2,(H,19,20)/t10-/m1/s1. The van der Waals surface area contributed by atoms with E-state index in [2.05, 4.69) is 10.1 Å². The van der Waals surface area contributed by atoms with Gasteiger partial charge in [0, 0.05) is 25.3 Å². The molecular weight excluding hydrogens is 274 g/mol. The van der Waals surface area contributed by atoms with Crippen molar-refractivity contribution in [3.63, 3.8) is 0 Å². The summed E-state index contributed by atoms with van der Waals surface area (Å²) in [6.07, 6.45) is 5.06. The van der Waals surface area contributed by atoms with Crippen molar-refractivity contribution in [3.8, 4) is 0 Å². The van der Waals surface area contributed by atoms with Crippen molar-refractivity contribution in [1.29, 1.82) is 0 Å². The largest absolute Gasteiger partial charge is 0.480 e. The molecule has 21 heavy (non-hydrogen) atoms. The summed E-state index contributed by atoms with van der Waals surface area (Å²) in [5, 5.41) is 13.1. The second-order valence-electron chi connectivity index (χ2n) is 5.76. The maximum Gasteiger partial charge on any atom is 0.326 e. The van der Waals surface area contributed by atoms with Crippen LogP contribution in [0, 0.1) is 0 Å². The van der Waals surface area contributed by atoms with Crippen LogP contribution in [0.5, 0.6) is 0 Å². The summed E-state index contributed by atoms with van der Waals surface area (Å²) in [6, 6.07) is -0.684. The molecule has 2 aliphatic rings. The van der Waals surface area contributed by atoms with Crippen molar-refractivity contribution in [1.82, 2.24) is 15.0 Å². The molecule has 0 aromatic carbocycles. The zero-order chi connectivity index (χ0) is 14.8. The predicted molar refractivity (Wildman–Crippen MR) is 71.6 cm³/mol. The smallest absolute Gasteiger partial charge is 0.326 e. The minimum absolute atomic E-state index is 0.145. The van der Waals surface area contributed by atoms with E-state index in [1.807, 2.05) is 0 Å². The van der Waals surface area contributed by atoms with Gasteiger partial charge in [0.05, 0.1) is 0 Å². The summed E-state index contributed by atoms with van der Waals surface area (Å²) in [4.78, 5) is 29.2. The second kappa shape index (κ2) is 5.83. The van der Waals surface area contributed by atoms with Gasteiger partial charge in [-0.05, 0) is 32.1 Å². The van der Waals surface area contributed by atoms with Crippen molar-refractivity contribution in [2.75, 3.05) is 6.54 Å². The number of carbonyl (C=O) groups is 2. The van der Waals surface area contributed by atoms with Crippen LogP contribution in [0.2, 0.25) is 0 Å². The number of aromatic nitrogens is 2. The number of carbonyl (C=O) groups excluding carboxylic acids is 1. The predicted octanol–water partition coefficient (Wildman–Crippen LogP) is 1.35. The Kier molecular flexibility index (Phi) is 3.90. The van der Waals surface area contributed by atoms with Gasteiger partial charge in [0.25, 0.3) is 0 Å². The lowest BCUT2D eigenvalue weighted by atomic mass is 10.0. The van der Waals surface area contributed by atoms with Crippen LogP contribution < -0.4 is 0 Å². The number of carboxylic acid groups (broad SMARTS) is 1. The van der Waals surface area contributed by atoms with Crippen molar-refractivity contribution in [2.45, 2.75) is 56.9 Å². The van der Waals surface area contributed by atoms with Gasteiger partial charge >= 0.3 is 5.97 Å². The maximum absolute atomic E-state index is 12.2. The SMILES string of the molecule is O=C(O)[C@H]1CCCCN1C(=O)CCc1nc(C2CC2)no1. The van der Waals surface area contributed by atoms with Crippen molar-refractivity contribution in [3.05, 3.63) is 11.7 Å². The monoisotopic (exact) mass is 293 g/mol. The molecule has 1 aliphatic carbocycles. The summed E-state index contributed by atoms with van der Waals surface area (Å²) >= 11 is 0. The average molecular weight is 293 g/mol. The highest BCUT2D eigenvalue weighted by molar-refractivity contribution is 5.83. The molecule has 1 aromatic heterocycles. The van der Waals surface area contributed by atoms with Crippen LogP contribution >= 0.6 is 0 Å². The number of aliphatic carboxylic acids is 1. The Bertz CT molecular complexity index is 538. The third kappa shape index (κ3) is 3.22. The fourth-order valence-corrected chi connectivity index (χ4v) is 2.72. The minimum Gasteiger partial charge on any atom is -0.480 e. The Labute approximate surface area is 122 Å². The third-order valence-corrected chi connectivity index (χ3v) is 4.09. The zero-order valence-corrected chi connectivity index (χ0v) is 11.8. The Hall–Kier alpha value is -1.92. The molecule has 0 radical (unpaired) electrons. The first-order chi connectivity index (χ1) is 10.1. The van der Waals surface area contributed by atoms with Gasteiger partial charge in [-0.25, -0.2) is 4.79 Å². The number of rotatable bonds is 5. The van der Waals surface area contributed by atoms with E-state index in [1.165, 1.54) is 4.90 Å². The summed E-state index contributed by atoms with van der Waals surface area (Å²) in [6.45, 7) is 0.521. The molecule has 1 atom stereocenters. The van der Waals surface area contributed by atoms with E-state index in [4.69, 9.17) is 4.52 Å². The van der Waals surface area contributed by atoms with Gasteiger partial charge in [-0.1, -0.05) is 5.16 Å². The average Bonchev–Trinajstić information content (AvgIpc) is 3.24. The highest BCUT2D eigenvalue weighted by atomic mass is 16.5. The molecule has 1 amide bonds. The third-order valence-electron chi connectivity index (χ3n) is 4.09. The van der Waals surface area contributed by atoms with Gasteiger partial charge in [-0.15, -0.1) is 0 Å². The first-order valence-electron chi connectivity index (χ1n) is 7.50. The number of hydrogen-bond acceptors (Lipinski definition) is 5. The fourth-order valence-electron chi connectivity index (χ4n) is 2.72. The highest BCUT2D eigenvalue weighted by Crippen LogP contribution is 2.38. The first-order valence-corrected chi connectivity index (χ1v) is 7.50. The first kappa shape index (κ1) is 14.0. The van der Waals surface area contributed by atoms with Gasteiger partial charge in [0.1, 0.15) is 6.04 Å². The Morgan fingerprint density at radius 2 is 2.10 bits per heavy atom. The normalized spacial score (nSPS) is 22.3. The number of likely N-dealkylation sites (tertiary alicyclic amines) is 1. The molecule has 0 spiro atoms. The van der Waals surface area contributed by atoms with Gasteiger partial charge in [-0.3, -0.25) is 4.79 Å². The molecule has 0 bridgehead atoms. The van der Waals surface area contributed by atoms with Crippen LogP contribution in [0.1, 0.15) is 56.2 Å². The zero-order valence-electron chi connectivity index (χ0n) is 11.8. The number of aryl methyl sites for hydroxylation is 1. The van der Waals surface area contributed by atoms with Crippen molar-refractivity contribution < 1.29 is 19.2 Å². The molecule has 2 heterocycles. The molecular formula is C14H19N3O4. The Morgan fingerprint density at radius 1 is 1.29 bits per heavy atom. The molecule has 1 aromatic rings. The number of carboxylic acids is 1. The van der Waals surface area contributed by atoms with Gasteiger partial charge in [0.15, 0.2) is 5.82 Å². The minimum atomic E-state index is -0.920. The lowest BCUT2D eigenvalue weighted by Crippen LogP contribution is -2.48. The van der Waals surface area contributed by atoms with Crippen LogP contribution in [-0.2, 0) is 16.0 Å². The van der Waals surface area contributed by atoms with E-state index in [-0.39, 0.29) is 12.3 Å². The molecule has 0 unspecified atom stereocenters. The highest BCUT2D eigenvalue weighted by Gasteiger charge is 2.32. The molecule has 114 valence electrons. The van der Waals surface area contributed by atoms with Crippen LogP contribution in [0.25, 0.3) is 0 Å². The Morgan fingerprint density at radius 3 is 2.81 bits per heavy atom. The summed E-state index contributed by atoms with van der Waals surface area (Å²) in [5.74, 6) is 0.565. The van der Waals surface area contributed by atoms with Crippen molar-refractivity contribution >= 4 is 11.9 Å². The van der Waals surface area contributed by atoms with E-state index < -0.39 is 12.0 Å². The van der Waals surface area contributed by atoms with Gasteiger partial charge in [-0.2, -0.15) is 4.98 Å². The van der Waals surface area contributed by atoms with E-state index in [1.54, 1.807) is 0 Å². The van der Waals surface area contributed by atoms with Crippen LogP contribution in [0.4, 0.5) is 0 Å². The van der Waals surface area contributed by atoms with E-state index in [0.29, 0.717) is 31.2 Å². The molecule has 7 heteroatoms. The van der Waals surface area contributed by atoms with Crippen LogP contribution in [0.3, 0.4) is 0 Å². The number of nitrogens with zero attached hydrogens (tertiary/aromatic N) is 3. The second-order valence-corrected chi connectivity index (χ2v) is 5.76. The molecule has 1 saturated heterocycles. The molecule has 1 aliphatic heterocycles. The molecule has 3 rings (SSSR count). The fraction of sp³-hybridized carbons (Fsp3) is 0.714. The number of amides is 1. The summed E-state index contributed by atoms with van der Waals surface area (Å²) in [5.41, 5.74) is 0. The molecule has 1 saturated carbocycles. The van der Waals surface area contributed by atoms with Gasteiger partial charge in [0.2, 0.25) is 11.8 Å². The topological polar surface area (TPSA) is 96.5 Å². The van der Waals surface area contributed by atoms with E-state index >= 15 is 0 Å². The lowest BCUT2D eigenvalue weighted by Gasteiger charge is -2.32. The summed E-state index contributed by atoms with van der Waals surface area (Å²) in [7, 11) is 0. The molecule has 2 fully saturated rings.